The second kappa shape index (κ2) is 5.90. The third-order valence-corrected chi connectivity index (χ3v) is 3.75. The van der Waals surface area contributed by atoms with Crippen LogP contribution >= 0.6 is 0 Å². The van der Waals surface area contributed by atoms with Gasteiger partial charge in [-0.3, -0.25) is 9.59 Å². The summed E-state index contributed by atoms with van der Waals surface area (Å²) in [7, 11) is 0. The Kier molecular flexibility index (Phi) is 4.23. The quantitative estimate of drug-likeness (QED) is 0.832. The van der Waals surface area contributed by atoms with Crippen LogP contribution in [0.5, 0.6) is 0 Å². The number of hydrogen-bond donors (Lipinski definition) is 2. The molecule has 2 N–H and O–H groups in total. The van der Waals surface area contributed by atoms with Gasteiger partial charge < -0.3 is 10.4 Å². The third kappa shape index (κ3) is 3.07. The fourth-order valence-electron chi connectivity index (χ4n) is 2.87. The number of hydrogen-bond acceptors (Lipinski definition) is 2. The van der Waals surface area contributed by atoms with Crippen LogP contribution in [0.2, 0.25) is 0 Å². The van der Waals surface area contributed by atoms with Crippen LogP contribution in [0.3, 0.4) is 0 Å². The first-order valence-electron chi connectivity index (χ1n) is 6.75. The van der Waals surface area contributed by atoms with Crippen molar-refractivity contribution in [1.82, 2.24) is 0 Å². The van der Waals surface area contributed by atoms with Crippen molar-refractivity contribution in [2.24, 2.45) is 17.8 Å². The number of amides is 1. The summed E-state index contributed by atoms with van der Waals surface area (Å²) in [5, 5.41) is 12.2. The Morgan fingerprint density at radius 2 is 1.90 bits per heavy atom. The molecule has 0 radical (unpaired) electrons. The molecular formula is C16H19NO3. The molecule has 0 fully saturated rings. The topological polar surface area (TPSA) is 66.4 Å². The lowest BCUT2D eigenvalue weighted by molar-refractivity contribution is -0.147. The van der Waals surface area contributed by atoms with Crippen molar-refractivity contribution < 1.29 is 14.7 Å². The maximum absolute atomic E-state index is 12.4. The molecule has 2 rings (SSSR count). The van der Waals surface area contributed by atoms with Crippen LogP contribution in [-0.2, 0) is 9.59 Å². The normalized spacial score (nSPS) is 25.7. The summed E-state index contributed by atoms with van der Waals surface area (Å²) in [5.41, 5.74) is 1.73. The van der Waals surface area contributed by atoms with Gasteiger partial charge in [0.2, 0.25) is 5.91 Å². The molecule has 0 bridgehead atoms. The lowest BCUT2D eigenvalue weighted by Crippen LogP contribution is -2.39. The number of carbonyl (C=O) groups excluding carboxylic acids is 1. The highest BCUT2D eigenvalue weighted by Gasteiger charge is 2.39. The molecule has 0 saturated carbocycles. The van der Waals surface area contributed by atoms with E-state index in [4.69, 9.17) is 0 Å². The van der Waals surface area contributed by atoms with E-state index < -0.39 is 17.8 Å². The number of carboxylic acid groups (broad SMARTS) is 1. The number of anilines is 1. The standard InChI is InChI=1S/C16H19NO3/c1-10-8-11(2)14(13(9-10)16(19)20)15(18)17-12-6-4-3-5-7-12/h3-8,11,13-14H,9H2,1-2H3,(H,17,18)(H,19,20). The summed E-state index contributed by atoms with van der Waals surface area (Å²) in [5.74, 6) is -2.39. The Bertz CT molecular complexity index is 536. The van der Waals surface area contributed by atoms with Crippen LogP contribution in [0.1, 0.15) is 20.3 Å². The number of benzene rings is 1. The molecule has 4 nitrogen and oxygen atoms in total. The number of rotatable bonds is 3. The molecule has 0 spiro atoms. The van der Waals surface area contributed by atoms with Gasteiger partial charge in [-0.25, -0.2) is 0 Å². The van der Waals surface area contributed by atoms with E-state index in [0.717, 1.165) is 5.57 Å². The molecule has 20 heavy (non-hydrogen) atoms. The lowest BCUT2D eigenvalue weighted by Gasteiger charge is -2.31. The minimum Gasteiger partial charge on any atom is -0.481 e. The molecule has 1 aliphatic carbocycles. The molecular weight excluding hydrogens is 254 g/mol. The van der Waals surface area contributed by atoms with Gasteiger partial charge in [-0.05, 0) is 31.4 Å². The van der Waals surface area contributed by atoms with Crippen molar-refractivity contribution in [2.75, 3.05) is 5.32 Å². The van der Waals surface area contributed by atoms with Crippen LogP contribution in [0.15, 0.2) is 42.0 Å². The van der Waals surface area contributed by atoms with Crippen molar-refractivity contribution in [1.29, 1.82) is 0 Å². The predicted octanol–water partition coefficient (Wildman–Crippen LogP) is 2.93. The summed E-state index contributed by atoms with van der Waals surface area (Å²) in [4.78, 5) is 23.8. The van der Waals surface area contributed by atoms with Crippen LogP contribution < -0.4 is 5.32 Å². The highest BCUT2D eigenvalue weighted by molar-refractivity contribution is 5.95. The molecule has 1 amide bonds. The van der Waals surface area contributed by atoms with E-state index in [-0.39, 0.29) is 11.8 Å². The molecule has 1 aromatic rings. The fraction of sp³-hybridized carbons (Fsp3) is 0.375. The SMILES string of the molecule is CC1=CC(C)C(C(=O)Nc2ccccc2)C(C(=O)O)C1. The van der Waals surface area contributed by atoms with Gasteiger partial charge >= 0.3 is 5.97 Å². The van der Waals surface area contributed by atoms with Crippen LogP contribution in [0.4, 0.5) is 5.69 Å². The summed E-state index contributed by atoms with van der Waals surface area (Å²) in [6.45, 7) is 3.81. The van der Waals surface area contributed by atoms with Gasteiger partial charge in [0.15, 0.2) is 0 Å². The molecule has 0 heterocycles. The van der Waals surface area contributed by atoms with Crippen LogP contribution in [0.25, 0.3) is 0 Å². The minimum atomic E-state index is -0.905. The van der Waals surface area contributed by atoms with E-state index in [1.807, 2.05) is 38.1 Å². The Labute approximate surface area is 118 Å². The number of para-hydroxylation sites is 1. The Hall–Kier alpha value is -2.10. The van der Waals surface area contributed by atoms with Gasteiger partial charge in [0.1, 0.15) is 0 Å². The van der Waals surface area contributed by atoms with Gasteiger partial charge in [-0.15, -0.1) is 0 Å². The Morgan fingerprint density at radius 3 is 2.50 bits per heavy atom. The summed E-state index contributed by atoms with van der Waals surface area (Å²) in [6, 6.07) is 9.12. The number of allylic oxidation sites excluding steroid dienone is 2. The van der Waals surface area contributed by atoms with Gasteiger partial charge in [0.25, 0.3) is 0 Å². The molecule has 3 atom stereocenters. The zero-order chi connectivity index (χ0) is 14.7. The maximum Gasteiger partial charge on any atom is 0.307 e. The van der Waals surface area contributed by atoms with Crippen molar-refractivity contribution in [3.05, 3.63) is 42.0 Å². The van der Waals surface area contributed by atoms with Gasteiger partial charge in [-0.2, -0.15) is 0 Å². The highest BCUT2D eigenvalue weighted by Crippen LogP contribution is 2.34. The van der Waals surface area contributed by atoms with E-state index >= 15 is 0 Å². The third-order valence-electron chi connectivity index (χ3n) is 3.75. The first-order chi connectivity index (χ1) is 9.49. The molecule has 1 aliphatic rings. The number of carbonyl (C=O) groups is 2. The van der Waals surface area contributed by atoms with Crippen LogP contribution in [0, 0.1) is 17.8 Å². The predicted molar refractivity (Wildman–Crippen MR) is 77.2 cm³/mol. The van der Waals surface area contributed by atoms with E-state index in [9.17, 15) is 14.7 Å². The minimum absolute atomic E-state index is 0.0754. The number of carboxylic acids is 1. The summed E-state index contributed by atoms with van der Waals surface area (Å²) >= 11 is 0. The van der Waals surface area contributed by atoms with E-state index in [0.29, 0.717) is 12.1 Å². The fourth-order valence-corrected chi connectivity index (χ4v) is 2.87. The average Bonchev–Trinajstić information content (AvgIpc) is 2.38. The van der Waals surface area contributed by atoms with Gasteiger partial charge in [-0.1, -0.05) is 36.8 Å². The van der Waals surface area contributed by atoms with Gasteiger partial charge in [0, 0.05) is 5.69 Å². The Balaban J connectivity index is 2.20. The molecule has 1 aromatic carbocycles. The monoisotopic (exact) mass is 273 g/mol. The first-order valence-corrected chi connectivity index (χ1v) is 6.75. The van der Waals surface area contributed by atoms with E-state index in [1.165, 1.54) is 0 Å². The summed E-state index contributed by atoms with van der Waals surface area (Å²) < 4.78 is 0. The molecule has 0 saturated heterocycles. The van der Waals surface area contributed by atoms with Crippen LogP contribution in [-0.4, -0.2) is 17.0 Å². The molecule has 0 aliphatic heterocycles. The Morgan fingerprint density at radius 1 is 1.25 bits per heavy atom. The molecule has 0 aromatic heterocycles. The number of nitrogens with one attached hydrogen (secondary N) is 1. The second-order valence-corrected chi connectivity index (χ2v) is 5.40. The number of aliphatic carboxylic acids is 1. The maximum atomic E-state index is 12.4. The van der Waals surface area contributed by atoms with Crippen molar-refractivity contribution in [3.63, 3.8) is 0 Å². The molecule has 3 unspecified atom stereocenters. The van der Waals surface area contributed by atoms with Crippen molar-refractivity contribution >= 4 is 17.6 Å². The molecule has 4 heteroatoms. The van der Waals surface area contributed by atoms with E-state index in [1.54, 1.807) is 12.1 Å². The average molecular weight is 273 g/mol. The largest absolute Gasteiger partial charge is 0.481 e. The van der Waals surface area contributed by atoms with E-state index in [2.05, 4.69) is 5.32 Å². The summed E-state index contributed by atoms with van der Waals surface area (Å²) in [6.07, 6.45) is 2.43. The van der Waals surface area contributed by atoms with Gasteiger partial charge in [0.05, 0.1) is 11.8 Å². The smallest absolute Gasteiger partial charge is 0.307 e. The zero-order valence-corrected chi connectivity index (χ0v) is 11.7. The zero-order valence-electron chi connectivity index (χ0n) is 11.7. The highest BCUT2D eigenvalue weighted by atomic mass is 16.4. The van der Waals surface area contributed by atoms with Crippen molar-refractivity contribution in [3.8, 4) is 0 Å². The van der Waals surface area contributed by atoms with Crippen molar-refractivity contribution in [2.45, 2.75) is 20.3 Å². The molecule has 106 valence electrons. The lowest BCUT2D eigenvalue weighted by atomic mass is 9.73. The first kappa shape index (κ1) is 14.3. The second-order valence-electron chi connectivity index (χ2n) is 5.40.